The Morgan fingerprint density at radius 2 is 2.15 bits per heavy atom. The summed E-state index contributed by atoms with van der Waals surface area (Å²) >= 11 is 0. The minimum atomic E-state index is -0.459. The summed E-state index contributed by atoms with van der Waals surface area (Å²) in [5.41, 5.74) is 0.504. The molecule has 7 nitrogen and oxygen atoms in total. The summed E-state index contributed by atoms with van der Waals surface area (Å²) in [4.78, 5) is 22.6. The molecule has 2 N–H and O–H groups in total. The number of halogens is 1. The van der Waals surface area contributed by atoms with Gasteiger partial charge in [-0.15, -0.1) is 24.0 Å². The van der Waals surface area contributed by atoms with E-state index >= 15 is 0 Å². The van der Waals surface area contributed by atoms with Gasteiger partial charge in [0, 0.05) is 32.9 Å². The number of nitrogens with zero attached hydrogens (tertiary/aromatic N) is 3. The van der Waals surface area contributed by atoms with E-state index < -0.39 is 5.60 Å². The lowest BCUT2D eigenvalue weighted by atomic mass is 9.98. The van der Waals surface area contributed by atoms with Crippen LogP contribution in [0.1, 0.15) is 39.3 Å². The Hall–Kier alpha value is -1.58. The van der Waals surface area contributed by atoms with E-state index in [2.05, 4.69) is 20.6 Å². The van der Waals surface area contributed by atoms with Crippen LogP contribution in [-0.2, 0) is 11.3 Å². The fourth-order valence-corrected chi connectivity index (χ4v) is 2.86. The number of likely N-dealkylation sites (tertiary alicyclic amines) is 1. The highest BCUT2D eigenvalue weighted by Gasteiger charge is 2.27. The molecule has 1 unspecified atom stereocenters. The lowest BCUT2D eigenvalue weighted by molar-refractivity contribution is 0.0168. The number of hydrogen-bond donors (Lipinski definition) is 2. The van der Waals surface area contributed by atoms with Gasteiger partial charge in [0.25, 0.3) is 0 Å². The first-order valence-corrected chi connectivity index (χ1v) is 9.20. The van der Waals surface area contributed by atoms with Gasteiger partial charge in [-0.2, -0.15) is 0 Å². The van der Waals surface area contributed by atoms with Crippen molar-refractivity contribution in [3.05, 3.63) is 30.1 Å². The summed E-state index contributed by atoms with van der Waals surface area (Å²) in [5, 5.41) is 6.61. The lowest BCUT2D eigenvalue weighted by Crippen LogP contribution is -2.47. The maximum absolute atomic E-state index is 12.3. The molecular formula is C19H32IN5O2. The number of guanidine groups is 1. The molecular weight excluding hydrogens is 457 g/mol. The minimum absolute atomic E-state index is 0. The van der Waals surface area contributed by atoms with Crippen LogP contribution in [0.2, 0.25) is 0 Å². The van der Waals surface area contributed by atoms with Crippen LogP contribution in [0.5, 0.6) is 0 Å². The quantitative estimate of drug-likeness (QED) is 0.386. The Bertz CT molecular complexity index is 604. The Balaban J connectivity index is 0.00000364. The molecule has 8 heteroatoms. The van der Waals surface area contributed by atoms with Gasteiger partial charge in [-0.25, -0.2) is 4.79 Å². The topological polar surface area (TPSA) is 78.9 Å². The number of ether oxygens (including phenoxy) is 1. The van der Waals surface area contributed by atoms with Gasteiger partial charge in [0.1, 0.15) is 5.60 Å². The van der Waals surface area contributed by atoms with E-state index in [1.807, 2.05) is 43.9 Å². The zero-order chi connectivity index (χ0) is 19.0. The standard InChI is InChI=1S/C19H31N5O2.HI/c1-19(2,3)26-18(25)24-11-7-8-15(14-24)12-22-17(20-4)23-13-16-9-5-6-10-21-16;/h5-6,9-10,15H,7-8,11-14H2,1-4H3,(H2,20,22,23);1H. The largest absolute Gasteiger partial charge is 0.444 e. The number of aromatic nitrogens is 1. The van der Waals surface area contributed by atoms with Gasteiger partial charge < -0.3 is 20.3 Å². The van der Waals surface area contributed by atoms with E-state index in [1.165, 1.54) is 0 Å². The molecule has 27 heavy (non-hydrogen) atoms. The summed E-state index contributed by atoms with van der Waals surface area (Å²) < 4.78 is 5.48. The number of carbonyl (C=O) groups is 1. The van der Waals surface area contributed by atoms with Gasteiger partial charge in [-0.3, -0.25) is 9.98 Å². The lowest BCUT2D eigenvalue weighted by Gasteiger charge is -2.34. The van der Waals surface area contributed by atoms with E-state index in [4.69, 9.17) is 4.74 Å². The molecule has 0 aliphatic carbocycles. The summed E-state index contributed by atoms with van der Waals surface area (Å²) in [6.07, 6.45) is 3.63. The van der Waals surface area contributed by atoms with Crippen LogP contribution in [-0.4, -0.2) is 54.2 Å². The van der Waals surface area contributed by atoms with E-state index in [0.29, 0.717) is 19.0 Å². The van der Waals surface area contributed by atoms with Crippen LogP contribution in [0.4, 0.5) is 4.79 Å². The third-order valence-corrected chi connectivity index (χ3v) is 4.12. The predicted octanol–water partition coefficient (Wildman–Crippen LogP) is 3.01. The Labute approximate surface area is 179 Å². The molecule has 1 aliphatic rings. The van der Waals surface area contributed by atoms with Gasteiger partial charge in [-0.1, -0.05) is 6.07 Å². The molecule has 1 amide bonds. The second-order valence-corrected chi connectivity index (χ2v) is 7.56. The normalized spacial score (nSPS) is 17.7. The van der Waals surface area contributed by atoms with Crippen LogP contribution in [0.15, 0.2) is 29.4 Å². The molecule has 152 valence electrons. The number of carbonyl (C=O) groups excluding carboxylic acids is 1. The predicted molar refractivity (Wildman–Crippen MR) is 118 cm³/mol. The summed E-state index contributed by atoms with van der Waals surface area (Å²) in [7, 11) is 1.75. The van der Waals surface area contributed by atoms with Gasteiger partial charge in [0.15, 0.2) is 5.96 Å². The van der Waals surface area contributed by atoms with Crippen LogP contribution in [0, 0.1) is 5.92 Å². The zero-order valence-electron chi connectivity index (χ0n) is 16.7. The molecule has 0 aromatic carbocycles. The molecule has 2 rings (SSSR count). The molecule has 0 radical (unpaired) electrons. The van der Waals surface area contributed by atoms with Crippen molar-refractivity contribution in [1.82, 2.24) is 20.5 Å². The zero-order valence-corrected chi connectivity index (χ0v) is 19.0. The minimum Gasteiger partial charge on any atom is -0.444 e. The van der Waals surface area contributed by atoms with E-state index in [-0.39, 0.29) is 30.1 Å². The van der Waals surface area contributed by atoms with Crippen molar-refractivity contribution in [2.75, 3.05) is 26.7 Å². The fourth-order valence-electron chi connectivity index (χ4n) is 2.86. The van der Waals surface area contributed by atoms with Crippen molar-refractivity contribution in [2.45, 2.75) is 45.8 Å². The number of rotatable bonds is 4. The van der Waals surface area contributed by atoms with E-state index in [0.717, 1.165) is 37.6 Å². The second kappa shape index (κ2) is 11.3. The third kappa shape index (κ3) is 8.77. The number of piperidine rings is 1. The number of nitrogens with one attached hydrogen (secondary N) is 2. The van der Waals surface area contributed by atoms with Crippen molar-refractivity contribution in [1.29, 1.82) is 0 Å². The Morgan fingerprint density at radius 1 is 1.37 bits per heavy atom. The average Bonchev–Trinajstić information content (AvgIpc) is 2.61. The van der Waals surface area contributed by atoms with Crippen molar-refractivity contribution in [2.24, 2.45) is 10.9 Å². The van der Waals surface area contributed by atoms with Crippen molar-refractivity contribution < 1.29 is 9.53 Å². The van der Waals surface area contributed by atoms with Crippen molar-refractivity contribution >= 4 is 36.0 Å². The highest BCUT2D eigenvalue weighted by atomic mass is 127. The van der Waals surface area contributed by atoms with E-state index in [9.17, 15) is 4.79 Å². The molecule has 1 aromatic rings. The average molecular weight is 489 g/mol. The molecule has 0 bridgehead atoms. The van der Waals surface area contributed by atoms with Gasteiger partial charge in [0.2, 0.25) is 0 Å². The van der Waals surface area contributed by atoms with Crippen LogP contribution in [0.25, 0.3) is 0 Å². The smallest absolute Gasteiger partial charge is 0.410 e. The second-order valence-electron chi connectivity index (χ2n) is 7.56. The molecule has 0 spiro atoms. The molecule has 1 aromatic heterocycles. The Morgan fingerprint density at radius 3 is 2.78 bits per heavy atom. The summed E-state index contributed by atoms with van der Waals surface area (Å²) in [5.74, 6) is 1.12. The van der Waals surface area contributed by atoms with Crippen LogP contribution >= 0.6 is 24.0 Å². The highest BCUT2D eigenvalue weighted by Crippen LogP contribution is 2.18. The summed E-state index contributed by atoms with van der Waals surface area (Å²) in [6, 6.07) is 5.84. The molecule has 1 fully saturated rings. The molecule has 1 saturated heterocycles. The monoisotopic (exact) mass is 489 g/mol. The van der Waals surface area contributed by atoms with E-state index in [1.54, 1.807) is 13.2 Å². The molecule has 2 heterocycles. The number of aliphatic imine (C=N–C) groups is 1. The number of amides is 1. The fraction of sp³-hybridized carbons (Fsp3) is 0.632. The first-order valence-electron chi connectivity index (χ1n) is 9.20. The molecule has 1 aliphatic heterocycles. The first-order chi connectivity index (χ1) is 12.4. The van der Waals surface area contributed by atoms with Gasteiger partial charge in [0.05, 0.1) is 12.2 Å². The highest BCUT2D eigenvalue weighted by molar-refractivity contribution is 14.0. The molecule has 0 saturated carbocycles. The Kier molecular flexibility index (Phi) is 9.82. The van der Waals surface area contributed by atoms with Gasteiger partial charge >= 0.3 is 6.09 Å². The van der Waals surface area contributed by atoms with Gasteiger partial charge in [-0.05, 0) is 51.7 Å². The number of pyridine rings is 1. The maximum Gasteiger partial charge on any atom is 0.410 e. The summed E-state index contributed by atoms with van der Waals surface area (Å²) in [6.45, 7) is 8.54. The first kappa shape index (κ1) is 23.5. The number of hydrogen-bond acceptors (Lipinski definition) is 4. The van der Waals surface area contributed by atoms with Crippen LogP contribution in [0.3, 0.4) is 0 Å². The third-order valence-electron chi connectivity index (χ3n) is 4.12. The molecule has 1 atom stereocenters. The maximum atomic E-state index is 12.3. The van der Waals surface area contributed by atoms with Crippen molar-refractivity contribution in [3.8, 4) is 0 Å². The van der Waals surface area contributed by atoms with Crippen LogP contribution < -0.4 is 10.6 Å². The SMILES string of the molecule is CN=C(NCc1ccccn1)NCC1CCCN(C(=O)OC(C)(C)C)C1.I. The van der Waals surface area contributed by atoms with Crippen molar-refractivity contribution in [3.63, 3.8) is 0 Å².